The van der Waals surface area contributed by atoms with Crippen LogP contribution in [0.1, 0.15) is 48.7 Å². The maximum absolute atomic E-state index is 14.2. The molecule has 1 heterocycles. The molecule has 0 unspecified atom stereocenters. The van der Waals surface area contributed by atoms with Crippen LogP contribution in [0.15, 0.2) is 21.4 Å². The number of ether oxygens (including phenoxy) is 1. The third-order valence-electron chi connectivity index (χ3n) is 4.07. The Balaban J connectivity index is 2.40. The Morgan fingerprint density at radius 3 is 2.65 bits per heavy atom. The minimum absolute atomic E-state index is 0.0324. The summed E-state index contributed by atoms with van der Waals surface area (Å²) in [6.07, 6.45) is 2.36. The Morgan fingerprint density at radius 2 is 2.09 bits per heavy atom. The van der Waals surface area contributed by atoms with Crippen LogP contribution in [0, 0.1) is 5.82 Å². The first-order chi connectivity index (χ1) is 11.0. The Bertz CT molecular complexity index is 855. The quantitative estimate of drug-likeness (QED) is 0.752. The molecular weight excluding hydrogens is 365 g/mol. The van der Waals surface area contributed by atoms with Crippen molar-refractivity contribution in [2.24, 2.45) is 0 Å². The predicted octanol–water partition coefficient (Wildman–Crippen LogP) is 3.98. The van der Waals surface area contributed by atoms with Crippen LogP contribution in [0.4, 0.5) is 4.39 Å². The predicted molar refractivity (Wildman–Crippen MR) is 89.5 cm³/mol. The lowest BCUT2D eigenvalue weighted by atomic mass is 10.0. The lowest BCUT2D eigenvalue weighted by Gasteiger charge is -2.16. The van der Waals surface area contributed by atoms with Crippen LogP contribution in [0.3, 0.4) is 0 Å². The highest BCUT2D eigenvalue weighted by molar-refractivity contribution is 9.10. The van der Waals surface area contributed by atoms with Crippen LogP contribution >= 0.6 is 15.9 Å². The fourth-order valence-corrected chi connectivity index (χ4v) is 3.48. The van der Waals surface area contributed by atoms with E-state index < -0.39 is 11.8 Å². The molecule has 1 aromatic carbocycles. The maximum Gasteiger partial charge on any atom is 0.343 e. The number of hydrogen-bond acceptors (Lipinski definition) is 3. The average molecular weight is 382 g/mol. The van der Waals surface area contributed by atoms with Crippen LogP contribution in [0.25, 0.3) is 10.9 Å². The van der Waals surface area contributed by atoms with Crippen molar-refractivity contribution in [2.75, 3.05) is 6.61 Å². The molecule has 1 aliphatic carbocycles. The van der Waals surface area contributed by atoms with Crippen molar-refractivity contribution in [1.82, 2.24) is 4.57 Å². The normalized spacial score (nSPS) is 14.3. The topological polar surface area (TPSA) is 48.3 Å². The summed E-state index contributed by atoms with van der Waals surface area (Å²) < 4.78 is 21.2. The van der Waals surface area contributed by atoms with Gasteiger partial charge in [0.2, 0.25) is 0 Å². The van der Waals surface area contributed by atoms with Gasteiger partial charge in [0.05, 0.1) is 16.6 Å². The number of nitrogens with zero attached hydrogens (tertiary/aromatic N) is 1. The Morgan fingerprint density at radius 1 is 1.39 bits per heavy atom. The highest BCUT2D eigenvalue weighted by Gasteiger charge is 2.30. The molecule has 4 nitrogen and oxygen atoms in total. The fourth-order valence-electron chi connectivity index (χ4n) is 2.89. The third-order valence-corrected chi connectivity index (χ3v) is 4.92. The van der Waals surface area contributed by atoms with Gasteiger partial charge < -0.3 is 9.30 Å². The molecule has 6 heteroatoms. The van der Waals surface area contributed by atoms with Crippen molar-refractivity contribution < 1.29 is 13.9 Å². The number of carbonyl (C=O) groups is 1. The van der Waals surface area contributed by atoms with Crippen LogP contribution in [-0.4, -0.2) is 17.1 Å². The van der Waals surface area contributed by atoms with Gasteiger partial charge in [0, 0.05) is 11.4 Å². The number of benzene rings is 1. The molecule has 0 bridgehead atoms. The van der Waals surface area contributed by atoms with Crippen LogP contribution < -0.4 is 5.56 Å². The van der Waals surface area contributed by atoms with E-state index in [-0.39, 0.29) is 23.8 Å². The Kier molecular flexibility index (Phi) is 4.27. The van der Waals surface area contributed by atoms with Gasteiger partial charge in [-0.25, -0.2) is 9.18 Å². The Labute approximate surface area is 141 Å². The molecule has 23 heavy (non-hydrogen) atoms. The minimum atomic E-state index is -0.657. The molecule has 0 spiro atoms. The second kappa shape index (κ2) is 6.07. The summed E-state index contributed by atoms with van der Waals surface area (Å²) in [5.41, 5.74) is 1.07. The molecule has 0 radical (unpaired) electrons. The number of hydrogen-bond donors (Lipinski definition) is 0. The number of esters is 1. The molecule has 0 aliphatic heterocycles. The zero-order valence-electron chi connectivity index (χ0n) is 13.0. The van der Waals surface area contributed by atoms with E-state index in [0.717, 1.165) is 18.4 Å². The third kappa shape index (κ3) is 2.69. The number of fused-ring (bicyclic) bond motifs is 1. The summed E-state index contributed by atoms with van der Waals surface area (Å²) >= 11 is 3.28. The van der Waals surface area contributed by atoms with Gasteiger partial charge in [-0.2, -0.15) is 0 Å². The number of halogens is 2. The number of rotatable bonds is 4. The summed E-state index contributed by atoms with van der Waals surface area (Å²) in [6.45, 7) is 3.79. The SMILES string of the molecule is CCOC(=O)c1cc2cc(F)c(Br)c(CC)c2n(C2CC2)c1=O. The van der Waals surface area contributed by atoms with Crippen molar-refractivity contribution in [1.29, 1.82) is 0 Å². The fraction of sp³-hybridized carbons (Fsp3) is 0.412. The van der Waals surface area contributed by atoms with E-state index in [1.165, 1.54) is 12.1 Å². The van der Waals surface area contributed by atoms with Crippen LogP contribution in [-0.2, 0) is 11.2 Å². The number of aromatic nitrogens is 1. The van der Waals surface area contributed by atoms with Gasteiger partial charge in [0.15, 0.2) is 0 Å². The number of aryl methyl sites for hydroxylation is 1. The smallest absolute Gasteiger partial charge is 0.343 e. The lowest BCUT2D eigenvalue weighted by molar-refractivity contribution is 0.0524. The molecule has 0 saturated heterocycles. The first kappa shape index (κ1) is 16.2. The van der Waals surface area contributed by atoms with E-state index in [1.54, 1.807) is 11.5 Å². The van der Waals surface area contributed by atoms with Gasteiger partial charge in [-0.1, -0.05) is 6.92 Å². The van der Waals surface area contributed by atoms with Crippen LogP contribution in [0.5, 0.6) is 0 Å². The molecule has 0 atom stereocenters. The zero-order valence-corrected chi connectivity index (χ0v) is 14.6. The van der Waals surface area contributed by atoms with Gasteiger partial charge in [0.25, 0.3) is 5.56 Å². The van der Waals surface area contributed by atoms with Gasteiger partial charge in [-0.3, -0.25) is 4.79 Å². The summed E-state index contributed by atoms with van der Waals surface area (Å²) in [5, 5.41) is 0.553. The molecule has 3 rings (SSSR count). The van der Waals surface area contributed by atoms with Gasteiger partial charge in [0.1, 0.15) is 11.4 Å². The first-order valence-corrected chi connectivity index (χ1v) is 8.52. The van der Waals surface area contributed by atoms with Gasteiger partial charge >= 0.3 is 5.97 Å². The molecule has 122 valence electrons. The summed E-state index contributed by atoms with van der Waals surface area (Å²) in [5.74, 6) is -1.06. The number of carbonyl (C=O) groups excluding carboxylic acids is 1. The summed E-state index contributed by atoms with van der Waals surface area (Å²) in [7, 11) is 0. The van der Waals surface area contributed by atoms with Crippen molar-refractivity contribution in [3.05, 3.63) is 43.9 Å². The Hall–Kier alpha value is -1.69. The molecule has 1 aromatic heterocycles. The number of pyridine rings is 1. The van der Waals surface area contributed by atoms with Crippen molar-refractivity contribution >= 4 is 32.8 Å². The average Bonchev–Trinajstić information content (AvgIpc) is 3.34. The molecule has 0 N–H and O–H groups in total. The van der Waals surface area contributed by atoms with E-state index in [2.05, 4.69) is 15.9 Å². The second-order valence-corrected chi connectivity index (χ2v) is 6.42. The van der Waals surface area contributed by atoms with Crippen molar-refractivity contribution in [3.63, 3.8) is 0 Å². The van der Waals surface area contributed by atoms with E-state index in [0.29, 0.717) is 21.8 Å². The minimum Gasteiger partial charge on any atom is -0.462 e. The molecule has 1 fully saturated rings. The van der Waals surface area contributed by atoms with Crippen molar-refractivity contribution in [2.45, 2.75) is 39.2 Å². The summed E-state index contributed by atoms with van der Waals surface area (Å²) in [4.78, 5) is 24.9. The molecule has 1 aliphatic rings. The monoisotopic (exact) mass is 381 g/mol. The molecule has 1 saturated carbocycles. The van der Waals surface area contributed by atoms with E-state index in [1.807, 2.05) is 6.92 Å². The van der Waals surface area contributed by atoms with E-state index >= 15 is 0 Å². The van der Waals surface area contributed by atoms with Gasteiger partial charge in [-0.15, -0.1) is 0 Å². The highest BCUT2D eigenvalue weighted by Crippen LogP contribution is 2.39. The van der Waals surface area contributed by atoms with Crippen molar-refractivity contribution in [3.8, 4) is 0 Å². The maximum atomic E-state index is 14.2. The summed E-state index contributed by atoms with van der Waals surface area (Å²) in [6, 6.07) is 2.88. The largest absolute Gasteiger partial charge is 0.462 e. The lowest BCUT2D eigenvalue weighted by Crippen LogP contribution is -2.28. The zero-order chi connectivity index (χ0) is 16.7. The second-order valence-electron chi connectivity index (χ2n) is 5.63. The van der Waals surface area contributed by atoms with E-state index in [4.69, 9.17) is 4.74 Å². The van der Waals surface area contributed by atoms with Crippen LogP contribution in [0.2, 0.25) is 0 Å². The highest BCUT2D eigenvalue weighted by atomic mass is 79.9. The first-order valence-electron chi connectivity index (χ1n) is 7.72. The van der Waals surface area contributed by atoms with E-state index in [9.17, 15) is 14.0 Å². The van der Waals surface area contributed by atoms with Gasteiger partial charge in [-0.05, 0) is 59.8 Å². The molecule has 0 amide bonds. The molecule has 2 aromatic rings. The molecular formula is C17H17BrFNO3. The standard InChI is InChI=1S/C17H17BrFNO3/c1-3-11-14(18)13(19)8-9-7-12(17(22)23-4-2)16(21)20(15(9)11)10-5-6-10/h7-8,10H,3-6H2,1-2H3.